The molecule has 0 aliphatic heterocycles. The zero-order chi connectivity index (χ0) is 40.1. The summed E-state index contributed by atoms with van der Waals surface area (Å²) in [4.78, 5) is 2.02. The molecule has 0 radical (unpaired) electrons. The number of aryl methyl sites for hydroxylation is 4. The lowest BCUT2D eigenvalue weighted by Gasteiger charge is -2.11. The minimum Gasteiger partial charge on any atom is -0.508 e. The Morgan fingerprint density at radius 3 is 1.73 bits per heavy atom. The second-order valence-electron chi connectivity index (χ2n) is 11.4. The molecule has 3 aromatic carbocycles. The third kappa shape index (κ3) is 11.0. The van der Waals surface area contributed by atoms with Gasteiger partial charge in [-0.2, -0.15) is 24.5 Å². The van der Waals surface area contributed by atoms with Gasteiger partial charge in [-0.05, 0) is 110 Å². The minimum absolute atomic E-state index is 0.0121. The molecule has 0 aliphatic carbocycles. The predicted octanol–water partition coefficient (Wildman–Crippen LogP) is 9.97. The van der Waals surface area contributed by atoms with Crippen LogP contribution >= 0.6 is 34.7 Å². The maximum atomic E-state index is 9.39. The number of phenolic OH excluding ortho intramolecular Hbond substituents is 2. The molecule has 16 nitrogen and oxygen atoms in total. The molecular formula is C36H32ClN14O2S2+. The van der Waals surface area contributed by atoms with Crippen LogP contribution in [-0.4, -0.2) is 37.6 Å². The standard InChI is InChI=1S/C13H15N6.C12H10N4OS.C11H7ClN4OS/c1-17(2)12-6-4-11(5-7-12)15-16-13-18(3)8-9-19(13)10-14;1-7-5-9(3-4-11(7)17)14-15-12-10(6-13)8(2)16-18-12;1-6-8(5-13)11(18-16-6)15-14-7-2-3-10(17)9(12)4-7/h4-9H,1-3H3;3-5,17H,1-2H3;2-4,17H,1H3/q+1;;. The molecule has 0 bridgehead atoms. The van der Waals surface area contributed by atoms with Gasteiger partial charge in [-0.3, -0.25) is 0 Å². The number of azo groups is 3. The second-order valence-corrected chi connectivity index (χ2v) is 13.3. The summed E-state index contributed by atoms with van der Waals surface area (Å²) in [5.74, 6) is 0.696. The summed E-state index contributed by atoms with van der Waals surface area (Å²) in [5, 5.41) is 70.8. The van der Waals surface area contributed by atoms with Gasteiger partial charge in [-0.1, -0.05) is 16.7 Å². The van der Waals surface area contributed by atoms with Gasteiger partial charge in [0.1, 0.15) is 46.6 Å². The molecule has 0 saturated carbocycles. The molecule has 3 heterocycles. The van der Waals surface area contributed by atoms with Crippen molar-refractivity contribution in [3.63, 3.8) is 0 Å². The van der Waals surface area contributed by atoms with Crippen molar-refractivity contribution in [1.82, 2.24) is 13.3 Å². The average molecular weight is 792 g/mol. The summed E-state index contributed by atoms with van der Waals surface area (Å²) in [7, 11) is 5.78. The van der Waals surface area contributed by atoms with Crippen LogP contribution in [0.2, 0.25) is 5.02 Å². The number of hydrogen-bond acceptors (Lipinski definition) is 16. The Labute approximate surface area is 329 Å². The van der Waals surface area contributed by atoms with E-state index in [0.29, 0.717) is 49.8 Å². The Morgan fingerprint density at radius 2 is 1.24 bits per heavy atom. The molecule has 19 heteroatoms. The van der Waals surface area contributed by atoms with E-state index in [0.717, 1.165) is 40.0 Å². The predicted molar refractivity (Wildman–Crippen MR) is 209 cm³/mol. The van der Waals surface area contributed by atoms with E-state index >= 15 is 0 Å². The number of imidazole rings is 1. The highest BCUT2D eigenvalue weighted by Gasteiger charge is 2.14. The Morgan fingerprint density at radius 1 is 0.727 bits per heavy atom. The summed E-state index contributed by atoms with van der Waals surface area (Å²) in [6, 6.07) is 21.2. The van der Waals surface area contributed by atoms with Crippen LogP contribution in [0.4, 0.5) is 38.7 Å². The lowest BCUT2D eigenvalue weighted by Crippen LogP contribution is -2.25. The molecule has 6 aromatic rings. The average Bonchev–Trinajstić information content (AvgIpc) is 3.86. The molecule has 0 fully saturated rings. The third-order valence-electron chi connectivity index (χ3n) is 7.24. The minimum atomic E-state index is -0.0121. The van der Waals surface area contributed by atoms with Gasteiger partial charge in [0, 0.05) is 24.9 Å². The number of nitriles is 3. The molecule has 6 rings (SSSR count). The van der Waals surface area contributed by atoms with E-state index < -0.39 is 0 Å². The number of benzene rings is 3. The molecule has 0 aliphatic rings. The maximum Gasteiger partial charge on any atom is 0.435 e. The number of rotatable bonds is 7. The van der Waals surface area contributed by atoms with Crippen molar-refractivity contribution in [3.05, 3.63) is 106 Å². The number of nitrogens with zero attached hydrogens (tertiary/aromatic N) is 14. The first-order valence-electron chi connectivity index (χ1n) is 15.9. The normalized spacial score (nSPS) is 10.7. The van der Waals surface area contributed by atoms with Gasteiger partial charge in [-0.25, -0.2) is 4.57 Å². The van der Waals surface area contributed by atoms with E-state index in [1.807, 2.05) is 62.6 Å². The Kier molecular flexibility index (Phi) is 14.3. The third-order valence-corrected chi connectivity index (χ3v) is 9.19. The van der Waals surface area contributed by atoms with Gasteiger partial charge in [0.15, 0.2) is 10.0 Å². The number of aromatic hydroxyl groups is 2. The Hall–Kier alpha value is -6.91. The molecule has 0 amide bonds. The number of hydrogen-bond donors (Lipinski definition) is 2. The number of halogens is 1. The van der Waals surface area contributed by atoms with Crippen LogP contribution in [0.5, 0.6) is 11.5 Å². The van der Waals surface area contributed by atoms with Gasteiger partial charge in [-0.15, -0.1) is 25.0 Å². The lowest BCUT2D eigenvalue weighted by atomic mass is 10.2. The fraction of sp³-hybridized carbons (Fsp3) is 0.167. The van der Waals surface area contributed by atoms with Crippen molar-refractivity contribution in [1.29, 1.82) is 15.8 Å². The summed E-state index contributed by atoms with van der Waals surface area (Å²) >= 11 is 8.00. The first kappa shape index (κ1) is 40.9. The summed E-state index contributed by atoms with van der Waals surface area (Å²) in [5.41, 5.74) is 5.88. The number of phenols is 2. The molecule has 3 aromatic heterocycles. The maximum absolute atomic E-state index is 9.39. The molecule has 0 atom stereocenters. The van der Waals surface area contributed by atoms with Gasteiger partial charge < -0.3 is 15.1 Å². The fourth-order valence-electron chi connectivity index (χ4n) is 4.16. The van der Waals surface area contributed by atoms with E-state index in [2.05, 4.69) is 45.5 Å². The van der Waals surface area contributed by atoms with Crippen molar-refractivity contribution in [3.8, 4) is 29.8 Å². The first-order valence-corrected chi connectivity index (χ1v) is 17.8. The molecule has 55 heavy (non-hydrogen) atoms. The number of aromatic nitrogens is 4. The van der Waals surface area contributed by atoms with Crippen LogP contribution in [0.25, 0.3) is 0 Å². The van der Waals surface area contributed by atoms with Crippen LogP contribution in [0.3, 0.4) is 0 Å². The summed E-state index contributed by atoms with van der Waals surface area (Å²) in [6.07, 6.45) is 5.41. The van der Waals surface area contributed by atoms with Crippen LogP contribution in [0.1, 0.15) is 28.1 Å². The van der Waals surface area contributed by atoms with Gasteiger partial charge in [0.05, 0.1) is 41.0 Å². The lowest BCUT2D eigenvalue weighted by molar-refractivity contribution is -0.657. The van der Waals surface area contributed by atoms with Crippen molar-refractivity contribution >= 4 is 73.4 Å². The van der Waals surface area contributed by atoms with Crippen molar-refractivity contribution < 1.29 is 14.8 Å². The van der Waals surface area contributed by atoms with Crippen LogP contribution in [0, 0.1) is 54.9 Å². The largest absolute Gasteiger partial charge is 0.508 e. The van der Waals surface area contributed by atoms with E-state index in [1.54, 1.807) is 62.0 Å². The van der Waals surface area contributed by atoms with Gasteiger partial charge in [0.25, 0.3) is 6.19 Å². The van der Waals surface area contributed by atoms with E-state index in [1.165, 1.54) is 16.7 Å². The van der Waals surface area contributed by atoms with E-state index in [-0.39, 0.29) is 16.5 Å². The molecular weight excluding hydrogens is 760 g/mol. The highest BCUT2D eigenvalue weighted by molar-refractivity contribution is 7.10. The molecule has 0 unspecified atom stereocenters. The van der Waals surface area contributed by atoms with Crippen molar-refractivity contribution in [2.24, 2.45) is 37.7 Å². The smallest absolute Gasteiger partial charge is 0.435 e. The van der Waals surface area contributed by atoms with Crippen molar-refractivity contribution in [2.45, 2.75) is 20.8 Å². The van der Waals surface area contributed by atoms with E-state index in [4.69, 9.17) is 27.4 Å². The zero-order valence-corrected chi connectivity index (χ0v) is 32.7. The highest BCUT2D eigenvalue weighted by Crippen LogP contribution is 2.32. The van der Waals surface area contributed by atoms with Crippen LogP contribution in [0.15, 0.2) is 104 Å². The first-order chi connectivity index (χ1) is 26.3. The molecule has 0 spiro atoms. The van der Waals surface area contributed by atoms with Crippen LogP contribution < -0.4 is 9.47 Å². The SMILES string of the molecule is CN(C)c1ccc(N=Nc2n(C#N)cc[n+]2C)cc1.Cc1cc(N=Nc2snc(C)c2C#N)ccc1O.Cc1nsc(N=Nc2ccc(O)c(Cl)c2)c1C#N. The monoisotopic (exact) mass is 791 g/mol. The molecule has 276 valence electrons. The second kappa shape index (κ2) is 19.2. The Bertz CT molecular complexity index is 2380. The summed E-state index contributed by atoms with van der Waals surface area (Å²) < 4.78 is 11.2. The Balaban J connectivity index is 0.000000184. The van der Waals surface area contributed by atoms with E-state index in [9.17, 15) is 10.2 Å². The van der Waals surface area contributed by atoms with Gasteiger partial charge >= 0.3 is 5.95 Å². The molecule has 0 saturated heterocycles. The summed E-state index contributed by atoms with van der Waals surface area (Å²) in [6.45, 7) is 5.29. The quantitative estimate of drug-likeness (QED) is 0.117. The fourth-order valence-corrected chi connectivity index (χ4v) is 5.69. The zero-order valence-electron chi connectivity index (χ0n) is 30.3. The van der Waals surface area contributed by atoms with Crippen LogP contribution in [-0.2, 0) is 7.05 Å². The van der Waals surface area contributed by atoms with Gasteiger partial charge in [0.2, 0.25) is 0 Å². The highest BCUT2D eigenvalue weighted by atomic mass is 35.5. The molecule has 2 N–H and O–H groups in total. The number of anilines is 1. The van der Waals surface area contributed by atoms with Crippen molar-refractivity contribution in [2.75, 3.05) is 19.0 Å². The topological polar surface area (TPSA) is 224 Å².